The Kier molecular flexibility index (Phi) is 4.09. The summed E-state index contributed by atoms with van der Waals surface area (Å²) in [6, 6.07) is 5.72. The maximum Gasteiger partial charge on any atom is 0.240 e. The summed E-state index contributed by atoms with van der Waals surface area (Å²) in [6.45, 7) is 0.270. The van der Waals surface area contributed by atoms with Crippen molar-refractivity contribution in [2.75, 3.05) is 0 Å². The van der Waals surface area contributed by atoms with E-state index in [1.54, 1.807) is 18.5 Å². The van der Waals surface area contributed by atoms with Gasteiger partial charge in [-0.3, -0.25) is 10.2 Å². The molecule has 3 rings (SSSR count). The fourth-order valence-corrected chi connectivity index (χ4v) is 3.03. The molecule has 0 bridgehead atoms. The summed E-state index contributed by atoms with van der Waals surface area (Å²) in [5, 5.41) is 10.6. The van der Waals surface area contributed by atoms with E-state index in [0.29, 0.717) is 11.6 Å². The molecule has 4 N–H and O–H groups in total. The van der Waals surface area contributed by atoms with Crippen LogP contribution in [0.15, 0.2) is 24.5 Å². The van der Waals surface area contributed by atoms with Crippen LogP contribution in [0.25, 0.3) is 11.0 Å². The first kappa shape index (κ1) is 14.6. The smallest absolute Gasteiger partial charge is 0.240 e. The van der Waals surface area contributed by atoms with Crippen molar-refractivity contribution >= 4 is 22.8 Å². The van der Waals surface area contributed by atoms with Gasteiger partial charge in [0.2, 0.25) is 5.91 Å². The predicted molar refractivity (Wildman–Crippen MR) is 85.8 cm³/mol. The third kappa shape index (κ3) is 3.10. The lowest BCUT2D eigenvalue weighted by Gasteiger charge is -2.22. The lowest BCUT2D eigenvalue weighted by molar-refractivity contribution is -0.122. The van der Waals surface area contributed by atoms with Crippen molar-refractivity contribution in [1.82, 2.24) is 14.9 Å². The van der Waals surface area contributed by atoms with E-state index in [1.807, 2.05) is 10.6 Å². The van der Waals surface area contributed by atoms with Crippen LogP contribution in [0.4, 0.5) is 0 Å². The zero-order chi connectivity index (χ0) is 15.5. The van der Waals surface area contributed by atoms with Crippen LogP contribution in [0.5, 0.6) is 0 Å². The van der Waals surface area contributed by atoms with Crippen LogP contribution in [0.3, 0.4) is 0 Å². The first-order valence-corrected chi connectivity index (χ1v) is 7.72. The van der Waals surface area contributed by atoms with Crippen LogP contribution >= 0.6 is 0 Å². The fourth-order valence-electron chi connectivity index (χ4n) is 3.03. The van der Waals surface area contributed by atoms with E-state index in [1.165, 1.54) is 19.3 Å². The second-order valence-corrected chi connectivity index (χ2v) is 5.89. The van der Waals surface area contributed by atoms with Gasteiger partial charge in [0.1, 0.15) is 12.4 Å². The van der Waals surface area contributed by atoms with Gasteiger partial charge in [-0.2, -0.15) is 0 Å². The number of amides is 1. The maximum absolute atomic E-state index is 12.2. The number of fused-ring (bicyclic) bond motifs is 1. The summed E-state index contributed by atoms with van der Waals surface area (Å²) in [6.07, 6.45) is 7.50. The zero-order valence-electron chi connectivity index (χ0n) is 12.5. The first-order valence-electron chi connectivity index (χ1n) is 7.72. The number of aromatic nitrogens is 2. The van der Waals surface area contributed by atoms with Gasteiger partial charge in [-0.1, -0.05) is 19.3 Å². The van der Waals surface area contributed by atoms with Crippen molar-refractivity contribution < 1.29 is 4.79 Å². The molecule has 116 valence electrons. The maximum atomic E-state index is 12.2. The van der Waals surface area contributed by atoms with Crippen molar-refractivity contribution in [3.63, 3.8) is 0 Å². The third-order valence-corrected chi connectivity index (χ3v) is 4.22. The van der Waals surface area contributed by atoms with E-state index in [2.05, 4.69) is 10.3 Å². The highest BCUT2D eigenvalue weighted by Crippen LogP contribution is 2.18. The SMILES string of the molecule is N=C(N)c1ccc2c(c1)ncn2CC(=O)NC1CCCCC1. The number of nitrogens with zero attached hydrogens (tertiary/aromatic N) is 2. The molecule has 1 amide bonds. The number of hydrogen-bond donors (Lipinski definition) is 3. The minimum atomic E-state index is 0.0199. The Bertz CT molecular complexity index is 700. The monoisotopic (exact) mass is 299 g/mol. The molecule has 2 aromatic rings. The lowest BCUT2D eigenvalue weighted by atomic mass is 9.95. The molecule has 1 aromatic carbocycles. The number of hydrogen-bond acceptors (Lipinski definition) is 3. The zero-order valence-corrected chi connectivity index (χ0v) is 12.5. The summed E-state index contributed by atoms with van der Waals surface area (Å²) < 4.78 is 1.83. The van der Waals surface area contributed by atoms with Crippen LogP contribution < -0.4 is 11.1 Å². The molecule has 0 saturated heterocycles. The molecule has 0 spiro atoms. The second-order valence-electron chi connectivity index (χ2n) is 5.89. The Morgan fingerprint density at radius 1 is 1.36 bits per heavy atom. The number of imidazole rings is 1. The van der Waals surface area contributed by atoms with Gasteiger partial charge in [-0.25, -0.2) is 4.98 Å². The summed E-state index contributed by atoms with van der Waals surface area (Å²) in [4.78, 5) is 16.5. The Hall–Kier alpha value is -2.37. The van der Waals surface area contributed by atoms with Crippen molar-refractivity contribution in [1.29, 1.82) is 5.41 Å². The molecule has 0 atom stereocenters. The van der Waals surface area contributed by atoms with Gasteiger partial charge in [0, 0.05) is 11.6 Å². The lowest BCUT2D eigenvalue weighted by Crippen LogP contribution is -2.38. The Morgan fingerprint density at radius 3 is 2.86 bits per heavy atom. The molecule has 1 aliphatic carbocycles. The van der Waals surface area contributed by atoms with Crippen molar-refractivity contribution in [3.8, 4) is 0 Å². The summed E-state index contributed by atoms with van der Waals surface area (Å²) >= 11 is 0. The molecule has 6 nitrogen and oxygen atoms in total. The van der Waals surface area contributed by atoms with Gasteiger partial charge in [0.25, 0.3) is 0 Å². The van der Waals surface area contributed by atoms with Crippen LogP contribution in [0.2, 0.25) is 0 Å². The van der Waals surface area contributed by atoms with Crippen molar-refractivity contribution in [2.24, 2.45) is 5.73 Å². The highest BCUT2D eigenvalue weighted by molar-refractivity contribution is 5.98. The van der Waals surface area contributed by atoms with E-state index in [4.69, 9.17) is 11.1 Å². The standard InChI is InChI=1S/C16H21N5O/c17-16(18)11-6-7-14-13(8-11)19-10-21(14)9-15(22)20-12-4-2-1-3-5-12/h6-8,10,12H,1-5,9H2,(H3,17,18)(H,20,22). The number of carbonyl (C=O) groups is 1. The normalized spacial score (nSPS) is 15.8. The van der Waals surface area contributed by atoms with Gasteiger partial charge >= 0.3 is 0 Å². The molecule has 1 aliphatic rings. The largest absolute Gasteiger partial charge is 0.384 e. The molecule has 0 radical (unpaired) electrons. The second kappa shape index (κ2) is 6.17. The molecular formula is C16H21N5O. The minimum absolute atomic E-state index is 0.0199. The Balaban J connectivity index is 1.70. The summed E-state index contributed by atoms with van der Waals surface area (Å²) in [7, 11) is 0. The number of benzene rings is 1. The molecule has 6 heteroatoms. The average molecular weight is 299 g/mol. The van der Waals surface area contributed by atoms with Crippen LogP contribution in [-0.4, -0.2) is 27.3 Å². The average Bonchev–Trinajstić information content (AvgIpc) is 2.90. The fraction of sp³-hybridized carbons (Fsp3) is 0.438. The molecule has 0 aliphatic heterocycles. The van der Waals surface area contributed by atoms with Crippen LogP contribution in [0, 0.1) is 5.41 Å². The number of rotatable bonds is 4. The summed E-state index contributed by atoms with van der Waals surface area (Å²) in [5.41, 5.74) is 7.75. The van der Waals surface area contributed by atoms with Gasteiger partial charge < -0.3 is 15.6 Å². The number of nitrogens with two attached hydrogens (primary N) is 1. The number of carbonyl (C=O) groups excluding carboxylic acids is 1. The topological polar surface area (TPSA) is 96.8 Å². The molecule has 1 fully saturated rings. The number of nitrogens with one attached hydrogen (secondary N) is 2. The van der Waals surface area contributed by atoms with E-state index >= 15 is 0 Å². The van der Waals surface area contributed by atoms with E-state index in [9.17, 15) is 4.79 Å². The van der Waals surface area contributed by atoms with Gasteiger partial charge in [0.05, 0.1) is 17.4 Å². The highest BCUT2D eigenvalue weighted by atomic mass is 16.2. The molecule has 1 saturated carbocycles. The quantitative estimate of drug-likeness (QED) is 0.593. The third-order valence-electron chi connectivity index (χ3n) is 4.22. The minimum Gasteiger partial charge on any atom is -0.384 e. The van der Waals surface area contributed by atoms with Crippen molar-refractivity contribution in [3.05, 3.63) is 30.1 Å². The molecule has 0 unspecified atom stereocenters. The van der Waals surface area contributed by atoms with Crippen LogP contribution in [0.1, 0.15) is 37.7 Å². The van der Waals surface area contributed by atoms with Crippen molar-refractivity contribution in [2.45, 2.75) is 44.7 Å². The predicted octanol–water partition coefficient (Wildman–Crippen LogP) is 1.77. The molecular weight excluding hydrogens is 278 g/mol. The van der Waals surface area contributed by atoms with Gasteiger partial charge in [-0.15, -0.1) is 0 Å². The highest BCUT2D eigenvalue weighted by Gasteiger charge is 2.16. The van der Waals surface area contributed by atoms with E-state index in [-0.39, 0.29) is 18.3 Å². The van der Waals surface area contributed by atoms with Crippen LogP contribution in [-0.2, 0) is 11.3 Å². The molecule has 22 heavy (non-hydrogen) atoms. The number of nitrogen functional groups attached to an aromatic ring is 1. The van der Waals surface area contributed by atoms with E-state index < -0.39 is 0 Å². The van der Waals surface area contributed by atoms with E-state index in [0.717, 1.165) is 23.9 Å². The Labute approximate surface area is 129 Å². The molecule has 1 aromatic heterocycles. The molecule has 1 heterocycles. The number of amidine groups is 1. The first-order chi connectivity index (χ1) is 10.6. The van der Waals surface area contributed by atoms with Gasteiger partial charge in [0.15, 0.2) is 0 Å². The Morgan fingerprint density at radius 2 is 2.14 bits per heavy atom. The van der Waals surface area contributed by atoms with Gasteiger partial charge in [-0.05, 0) is 31.0 Å². The summed E-state index contributed by atoms with van der Waals surface area (Å²) in [5.74, 6) is 0.0494.